The maximum atomic E-state index is 3.38. The molecule has 1 atom stereocenters. The molecule has 1 unspecified atom stereocenters. The first kappa shape index (κ1) is 19.5. The van der Waals surface area contributed by atoms with Crippen molar-refractivity contribution >= 4 is 11.1 Å². The van der Waals surface area contributed by atoms with E-state index in [2.05, 4.69) is 123 Å². The van der Waals surface area contributed by atoms with Crippen molar-refractivity contribution in [2.45, 2.75) is 26.7 Å². The molecule has 0 spiro atoms. The first-order valence-corrected chi connectivity index (χ1v) is 9.67. The summed E-state index contributed by atoms with van der Waals surface area (Å²) in [7, 11) is 0. The molecular formula is C28H26. The van der Waals surface area contributed by atoms with Crippen molar-refractivity contribution in [1.82, 2.24) is 0 Å². The number of benzene rings is 3. The minimum atomic E-state index is 0.0561. The Morgan fingerprint density at radius 1 is 0.786 bits per heavy atom. The lowest BCUT2D eigenvalue weighted by atomic mass is 9.92. The molecule has 0 nitrogen and oxygen atoms in total. The summed E-state index contributed by atoms with van der Waals surface area (Å²) in [5, 5.41) is 0. The predicted octanol–water partition coefficient (Wildman–Crippen LogP) is 7.29. The third kappa shape index (κ3) is 5.12. The normalized spacial score (nSPS) is 12.8. The van der Waals surface area contributed by atoms with Crippen molar-refractivity contribution < 1.29 is 0 Å². The van der Waals surface area contributed by atoms with Crippen LogP contribution in [0.25, 0.3) is 11.1 Å². The summed E-state index contributed by atoms with van der Waals surface area (Å²) in [5.74, 6) is 6.54. The van der Waals surface area contributed by atoms with Gasteiger partial charge in [-0.15, -0.1) is 5.92 Å². The van der Waals surface area contributed by atoms with Crippen molar-refractivity contribution in [2.24, 2.45) is 0 Å². The van der Waals surface area contributed by atoms with E-state index >= 15 is 0 Å². The van der Waals surface area contributed by atoms with Crippen molar-refractivity contribution in [3.8, 4) is 11.8 Å². The Balaban J connectivity index is 2.09. The molecule has 0 aliphatic rings. The number of rotatable bonds is 5. The Hall–Kier alpha value is -3.30. The van der Waals surface area contributed by atoms with Crippen LogP contribution in [0, 0.1) is 18.8 Å². The van der Waals surface area contributed by atoms with E-state index in [9.17, 15) is 0 Å². The second-order valence-corrected chi connectivity index (χ2v) is 6.96. The highest BCUT2D eigenvalue weighted by Crippen LogP contribution is 2.27. The first-order valence-electron chi connectivity index (χ1n) is 9.67. The molecule has 0 bridgehead atoms. The van der Waals surface area contributed by atoms with Gasteiger partial charge in [0.25, 0.3) is 0 Å². The molecule has 0 radical (unpaired) electrons. The third-order valence-electron chi connectivity index (χ3n) is 4.79. The van der Waals surface area contributed by atoms with Gasteiger partial charge in [0, 0.05) is 0 Å². The van der Waals surface area contributed by atoms with Gasteiger partial charge in [-0.1, -0.05) is 109 Å². The van der Waals surface area contributed by atoms with Crippen molar-refractivity contribution in [2.75, 3.05) is 0 Å². The monoisotopic (exact) mass is 362 g/mol. The number of allylic oxidation sites excluding steroid dienone is 4. The van der Waals surface area contributed by atoms with Gasteiger partial charge in [-0.05, 0) is 48.6 Å². The summed E-state index contributed by atoms with van der Waals surface area (Å²) < 4.78 is 0. The van der Waals surface area contributed by atoms with Gasteiger partial charge in [-0.3, -0.25) is 0 Å². The number of hydrogen-bond donors (Lipinski definition) is 0. The van der Waals surface area contributed by atoms with Crippen molar-refractivity contribution in [1.29, 1.82) is 0 Å². The fourth-order valence-corrected chi connectivity index (χ4v) is 3.21. The first-order chi connectivity index (χ1) is 13.7. The third-order valence-corrected chi connectivity index (χ3v) is 4.79. The van der Waals surface area contributed by atoms with Gasteiger partial charge >= 0.3 is 0 Å². The maximum absolute atomic E-state index is 3.38. The van der Waals surface area contributed by atoms with Crippen LogP contribution < -0.4 is 0 Å². The van der Waals surface area contributed by atoms with Gasteiger partial charge in [0.05, 0.1) is 5.92 Å². The van der Waals surface area contributed by atoms with Crippen LogP contribution in [-0.2, 0) is 0 Å². The van der Waals surface area contributed by atoms with Crippen LogP contribution in [0.1, 0.15) is 42.0 Å². The van der Waals surface area contributed by atoms with E-state index in [1.54, 1.807) is 0 Å². The quantitative estimate of drug-likeness (QED) is 0.330. The lowest BCUT2D eigenvalue weighted by Crippen LogP contribution is -1.95. The molecule has 3 aromatic carbocycles. The summed E-state index contributed by atoms with van der Waals surface area (Å²) in [6.07, 6.45) is 4.55. The molecule has 0 heteroatoms. The largest absolute Gasteiger partial charge is 0.106 e. The summed E-state index contributed by atoms with van der Waals surface area (Å²) in [6.45, 7) is 6.18. The van der Waals surface area contributed by atoms with E-state index < -0.39 is 0 Å². The SMILES string of the molecule is CC#CC(/C=C(\C=C(/C)c1ccccc1)c1ccccc1)c1ccc(C)cc1. The summed E-state index contributed by atoms with van der Waals surface area (Å²) in [5.41, 5.74) is 7.35. The highest BCUT2D eigenvalue weighted by atomic mass is 14.1. The zero-order valence-electron chi connectivity index (χ0n) is 16.8. The standard InChI is InChI=1S/C28H26/c1-4-11-27(26-18-16-22(2)17-19-26)21-28(25-14-9-6-10-15-25)20-23(3)24-12-7-5-8-13-24/h5-10,12-21,27H,1-3H3/b23-20+,28-21+. The Morgan fingerprint density at radius 2 is 1.36 bits per heavy atom. The molecule has 0 heterocycles. The van der Waals surface area contributed by atoms with E-state index in [1.165, 1.54) is 33.4 Å². The Morgan fingerprint density at radius 3 is 1.93 bits per heavy atom. The molecule has 0 fully saturated rings. The maximum Gasteiger partial charge on any atom is 0.0641 e. The zero-order chi connectivity index (χ0) is 19.8. The molecule has 3 aromatic rings. The van der Waals surface area contributed by atoms with E-state index in [0.29, 0.717) is 0 Å². The molecule has 0 N–H and O–H groups in total. The topological polar surface area (TPSA) is 0 Å². The molecule has 0 aliphatic heterocycles. The Labute approximate surface area is 169 Å². The molecule has 3 rings (SSSR count). The van der Waals surface area contributed by atoms with Crippen LogP contribution in [0.15, 0.2) is 97.1 Å². The lowest BCUT2D eigenvalue weighted by Gasteiger charge is -2.12. The summed E-state index contributed by atoms with van der Waals surface area (Å²) >= 11 is 0. The summed E-state index contributed by atoms with van der Waals surface area (Å²) in [6, 6.07) is 29.7. The zero-order valence-corrected chi connectivity index (χ0v) is 16.8. The average molecular weight is 363 g/mol. The highest BCUT2D eigenvalue weighted by molar-refractivity contribution is 5.84. The van der Waals surface area contributed by atoms with Crippen molar-refractivity contribution in [3.05, 3.63) is 119 Å². The number of hydrogen-bond acceptors (Lipinski definition) is 0. The molecule has 28 heavy (non-hydrogen) atoms. The molecule has 0 aromatic heterocycles. The van der Waals surface area contributed by atoms with Crippen LogP contribution in [0.2, 0.25) is 0 Å². The smallest absolute Gasteiger partial charge is 0.0641 e. The fourth-order valence-electron chi connectivity index (χ4n) is 3.21. The second kappa shape index (κ2) is 9.58. The van der Waals surface area contributed by atoms with E-state index in [-0.39, 0.29) is 5.92 Å². The fraction of sp³-hybridized carbons (Fsp3) is 0.143. The minimum Gasteiger partial charge on any atom is -0.106 e. The molecular weight excluding hydrogens is 336 g/mol. The Kier molecular flexibility index (Phi) is 6.66. The van der Waals surface area contributed by atoms with Crippen LogP contribution >= 0.6 is 0 Å². The Bertz CT molecular complexity index is 1010. The van der Waals surface area contributed by atoms with Crippen LogP contribution in [0.4, 0.5) is 0 Å². The van der Waals surface area contributed by atoms with Crippen LogP contribution in [-0.4, -0.2) is 0 Å². The molecule has 138 valence electrons. The van der Waals surface area contributed by atoms with Gasteiger partial charge in [-0.25, -0.2) is 0 Å². The van der Waals surface area contributed by atoms with Gasteiger partial charge in [0.15, 0.2) is 0 Å². The van der Waals surface area contributed by atoms with Gasteiger partial charge in [-0.2, -0.15) is 0 Å². The average Bonchev–Trinajstić information content (AvgIpc) is 2.74. The van der Waals surface area contributed by atoms with Crippen LogP contribution in [0.3, 0.4) is 0 Å². The molecule has 0 amide bonds. The number of aryl methyl sites for hydroxylation is 1. The van der Waals surface area contributed by atoms with E-state index in [0.717, 1.165) is 0 Å². The van der Waals surface area contributed by atoms with E-state index in [1.807, 2.05) is 6.92 Å². The lowest BCUT2D eigenvalue weighted by molar-refractivity contribution is 1.12. The highest BCUT2D eigenvalue weighted by Gasteiger charge is 2.09. The summed E-state index contributed by atoms with van der Waals surface area (Å²) in [4.78, 5) is 0. The van der Waals surface area contributed by atoms with Crippen molar-refractivity contribution in [3.63, 3.8) is 0 Å². The second-order valence-electron chi connectivity index (χ2n) is 6.96. The molecule has 0 aliphatic carbocycles. The van der Waals surface area contributed by atoms with Gasteiger partial charge < -0.3 is 0 Å². The minimum absolute atomic E-state index is 0.0561. The van der Waals surface area contributed by atoms with Gasteiger partial charge in [0.1, 0.15) is 0 Å². The van der Waals surface area contributed by atoms with E-state index in [4.69, 9.17) is 0 Å². The predicted molar refractivity (Wildman–Crippen MR) is 122 cm³/mol. The molecule has 0 saturated heterocycles. The van der Waals surface area contributed by atoms with Crippen LogP contribution in [0.5, 0.6) is 0 Å². The molecule has 0 saturated carbocycles. The van der Waals surface area contributed by atoms with Gasteiger partial charge in [0.2, 0.25) is 0 Å².